The molecule has 1 aliphatic carbocycles. The number of benzene rings is 1. The predicted molar refractivity (Wildman–Crippen MR) is 66.8 cm³/mol. The lowest BCUT2D eigenvalue weighted by atomic mass is 9.90. The summed E-state index contributed by atoms with van der Waals surface area (Å²) in [6.07, 6.45) is -4.50. The molecule has 0 aliphatic heterocycles. The SMILES string of the molecule is CC(C)c1cc(C2(C(F)(F)F)CC2)c(Br)c(F)c1O. The Hall–Kier alpha value is -0.780. The maximum atomic E-state index is 13.9. The minimum absolute atomic E-state index is 0.0448. The van der Waals surface area contributed by atoms with Gasteiger partial charge in [0.25, 0.3) is 0 Å². The molecule has 1 fully saturated rings. The highest BCUT2D eigenvalue weighted by molar-refractivity contribution is 9.10. The molecule has 1 saturated carbocycles. The van der Waals surface area contributed by atoms with E-state index in [-0.39, 0.29) is 34.4 Å². The van der Waals surface area contributed by atoms with Gasteiger partial charge in [-0.1, -0.05) is 13.8 Å². The summed E-state index contributed by atoms with van der Waals surface area (Å²) in [4.78, 5) is 0. The average molecular weight is 341 g/mol. The minimum atomic E-state index is -4.41. The number of aromatic hydroxyl groups is 1. The van der Waals surface area contributed by atoms with E-state index in [1.54, 1.807) is 13.8 Å². The van der Waals surface area contributed by atoms with Crippen LogP contribution in [0, 0.1) is 5.82 Å². The van der Waals surface area contributed by atoms with Gasteiger partial charge in [-0.2, -0.15) is 13.2 Å². The molecule has 0 heterocycles. The van der Waals surface area contributed by atoms with E-state index in [0.717, 1.165) is 0 Å². The normalized spacial score (nSPS) is 17.9. The molecule has 2 rings (SSSR count). The first-order chi connectivity index (χ1) is 8.62. The maximum absolute atomic E-state index is 13.9. The molecule has 1 nitrogen and oxygen atoms in total. The zero-order valence-corrected chi connectivity index (χ0v) is 12.0. The van der Waals surface area contributed by atoms with Gasteiger partial charge in [0.15, 0.2) is 11.6 Å². The largest absolute Gasteiger partial charge is 0.505 e. The fraction of sp³-hybridized carbons (Fsp3) is 0.538. The summed E-state index contributed by atoms with van der Waals surface area (Å²) < 4.78 is 53.0. The van der Waals surface area contributed by atoms with Crippen LogP contribution >= 0.6 is 15.9 Å². The zero-order valence-electron chi connectivity index (χ0n) is 10.4. The lowest BCUT2D eigenvalue weighted by Crippen LogP contribution is -2.29. The Morgan fingerprint density at radius 1 is 1.32 bits per heavy atom. The second-order valence-corrected chi connectivity index (χ2v) is 6.02. The molecule has 1 aromatic carbocycles. The molecule has 19 heavy (non-hydrogen) atoms. The molecule has 1 aliphatic rings. The van der Waals surface area contributed by atoms with Gasteiger partial charge in [0, 0.05) is 0 Å². The van der Waals surface area contributed by atoms with Gasteiger partial charge in [-0.05, 0) is 51.9 Å². The van der Waals surface area contributed by atoms with Crippen molar-refractivity contribution in [1.82, 2.24) is 0 Å². The van der Waals surface area contributed by atoms with Crippen LogP contribution in [0.5, 0.6) is 5.75 Å². The van der Waals surface area contributed by atoms with Crippen molar-refractivity contribution in [1.29, 1.82) is 0 Å². The van der Waals surface area contributed by atoms with E-state index in [4.69, 9.17) is 0 Å². The number of halogens is 5. The van der Waals surface area contributed by atoms with Crippen LogP contribution < -0.4 is 0 Å². The molecule has 1 N–H and O–H groups in total. The van der Waals surface area contributed by atoms with Crippen molar-refractivity contribution in [3.8, 4) is 5.75 Å². The van der Waals surface area contributed by atoms with Crippen molar-refractivity contribution in [3.05, 3.63) is 27.5 Å². The molecule has 0 spiro atoms. The van der Waals surface area contributed by atoms with Crippen LogP contribution in [0.4, 0.5) is 17.6 Å². The summed E-state index contributed by atoms with van der Waals surface area (Å²) in [5.41, 5.74) is -1.88. The Bertz CT molecular complexity index is 518. The van der Waals surface area contributed by atoms with Crippen molar-refractivity contribution in [3.63, 3.8) is 0 Å². The fourth-order valence-corrected chi connectivity index (χ4v) is 2.94. The van der Waals surface area contributed by atoms with E-state index in [1.165, 1.54) is 6.07 Å². The van der Waals surface area contributed by atoms with Gasteiger partial charge in [0.2, 0.25) is 0 Å². The first-order valence-corrected chi connectivity index (χ1v) is 6.69. The summed E-state index contributed by atoms with van der Waals surface area (Å²) in [6, 6.07) is 1.27. The Kier molecular flexibility index (Phi) is 3.36. The Balaban J connectivity index is 2.66. The van der Waals surface area contributed by atoms with E-state index >= 15 is 0 Å². The van der Waals surface area contributed by atoms with Crippen molar-refractivity contribution in [2.45, 2.75) is 44.2 Å². The van der Waals surface area contributed by atoms with E-state index in [0.29, 0.717) is 0 Å². The van der Waals surface area contributed by atoms with Gasteiger partial charge in [0.05, 0.1) is 9.89 Å². The lowest BCUT2D eigenvalue weighted by molar-refractivity contribution is -0.160. The topological polar surface area (TPSA) is 20.2 Å². The average Bonchev–Trinajstić information content (AvgIpc) is 3.06. The van der Waals surface area contributed by atoms with E-state index in [2.05, 4.69) is 15.9 Å². The van der Waals surface area contributed by atoms with Gasteiger partial charge in [-0.15, -0.1) is 0 Å². The fourth-order valence-electron chi connectivity index (χ4n) is 2.25. The molecule has 6 heteroatoms. The molecule has 0 bridgehead atoms. The summed E-state index contributed by atoms with van der Waals surface area (Å²) in [6.45, 7) is 3.39. The van der Waals surface area contributed by atoms with Gasteiger partial charge in [-0.25, -0.2) is 4.39 Å². The number of phenolic OH excluding ortho intramolecular Hbond substituents is 1. The molecular weight excluding hydrogens is 328 g/mol. The monoisotopic (exact) mass is 340 g/mol. The standard InChI is InChI=1S/C13H13BrF4O/c1-6(2)7-5-8(9(14)10(15)11(7)19)12(3-4-12)13(16,17)18/h5-6,19H,3-4H2,1-2H3. The van der Waals surface area contributed by atoms with Crippen molar-refractivity contribution in [2.24, 2.45) is 0 Å². The third kappa shape index (κ3) is 2.14. The van der Waals surface area contributed by atoms with Crippen LogP contribution in [-0.4, -0.2) is 11.3 Å². The Morgan fingerprint density at radius 3 is 2.21 bits per heavy atom. The van der Waals surface area contributed by atoms with Gasteiger partial charge < -0.3 is 5.11 Å². The molecular formula is C13H13BrF4O. The number of phenols is 1. The highest BCUT2D eigenvalue weighted by Crippen LogP contribution is 2.61. The van der Waals surface area contributed by atoms with E-state index in [9.17, 15) is 22.7 Å². The summed E-state index contributed by atoms with van der Waals surface area (Å²) in [5.74, 6) is -1.86. The number of alkyl halides is 3. The number of hydrogen-bond donors (Lipinski definition) is 1. The first-order valence-electron chi connectivity index (χ1n) is 5.90. The van der Waals surface area contributed by atoms with Crippen molar-refractivity contribution in [2.75, 3.05) is 0 Å². The smallest absolute Gasteiger partial charge is 0.398 e. The van der Waals surface area contributed by atoms with Crippen LogP contribution in [0.15, 0.2) is 10.5 Å². The first kappa shape index (κ1) is 14.6. The Morgan fingerprint density at radius 2 is 1.84 bits per heavy atom. The third-order valence-corrected chi connectivity index (χ3v) is 4.42. The van der Waals surface area contributed by atoms with Crippen LogP contribution in [0.25, 0.3) is 0 Å². The molecule has 0 atom stereocenters. The van der Waals surface area contributed by atoms with Gasteiger partial charge in [-0.3, -0.25) is 0 Å². The van der Waals surface area contributed by atoms with Gasteiger partial charge >= 0.3 is 6.18 Å². The van der Waals surface area contributed by atoms with Crippen LogP contribution in [0.2, 0.25) is 0 Å². The van der Waals surface area contributed by atoms with Crippen molar-refractivity contribution >= 4 is 15.9 Å². The van der Waals surface area contributed by atoms with E-state index in [1.807, 2.05) is 0 Å². The molecule has 0 unspecified atom stereocenters. The van der Waals surface area contributed by atoms with E-state index < -0.39 is 23.2 Å². The van der Waals surface area contributed by atoms with Gasteiger partial charge in [0.1, 0.15) is 0 Å². The summed E-state index contributed by atoms with van der Waals surface area (Å²) >= 11 is 2.85. The summed E-state index contributed by atoms with van der Waals surface area (Å²) in [7, 11) is 0. The minimum Gasteiger partial charge on any atom is -0.505 e. The molecule has 0 saturated heterocycles. The third-order valence-electron chi connectivity index (χ3n) is 3.64. The molecule has 1 aromatic rings. The van der Waals surface area contributed by atoms with Crippen LogP contribution in [-0.2, 0) is 5.41 Å². The molecule has 0 radical (unpaired) electrons. The zero-order chi connectivity index (χ0) is 14.6. The predicted octanol–water partition coefficient (Wildman–Crippen LogP) is 5.01. The molecule has 0 aromatic heterocycles. The molecule has 106 valence electrons. The second kappa shape index (κ2) is 4.36. The number of hydrogen-bond acceptors (Lipinski definition) is 1. The molecule has 0 amide bonds. The number of rotatable bonds is 2. The summed E-state index contributed by atoms with van der Waals surface area (Å²) in [5, 5.41) is 9.68. The highest BCUT2D eigenvalue weighted by Gasteiger charge is 2.65. The van der Waals surface area contributed by atoms with Crippen LogP contribution in [0.1, 0.15) is 43.7 Å². The van der Waals surface area contributed by atoms with Crippen molar-refractivity contribution < 1.29 is 22.7 Å². The lowest BCUT2D eigenvalue weighted by Gasteiger charge is -2.23. The second-order valence-electron chi connectivity index (χ2n) is 5.22. The maximum Gasteiger partial charge on any atom is 0.398 e. The van der Waals surface area contributed by atoms with Crippen LogP contribution in [0.3, 0.4) is 0 Å². The quantitative estimate of drug-likeness (QED) is 0.750. The Labute approximate surface area is 116 Å². The highest BCUT2D eigenvalue weighted by atomic mass is 79.9.